The first kappa shape index (κ1) is 12.8. The van der Waals surface area contributed by atoms with Gasteiger partial charge in [0.05, 0.1) is 0 Å². The predicted molar refractivity (Wildman–Crippen MR) is 71.1 cm³/mol. The van der Waals surface area contributed by atoms with Crippen LogP contribution in [0.5, 0.6) is 0 Å². The highest BCUT2D eigenvalue weighted by atomic mass is 16.1. The number of hydrogen-bond acceptors (Lipinski definition) is 6. The molecule has 0 aliphatic heterocycles. The van der Waals surface area contributed by atoms with E-state index in [4.69, 9.17) is 5.73 Å². The van der Waals surface area contributed by atoms with Crippen molar-refractivity contribution >= 4 is 17.7 Å². The van der Waals surface area contributed by atoms with Crippen LogP contribution < -0.4 is 16.4 Å². The van der Waals surface area contributed by atoms with Crippen molar-refractivity contribution in [3.8, 4) is 5.82 Å². The molecule has 2 aromatic heterocycles. The fraction of sp³-hybridized carbons (Fsp3) is 0.273. The molecule has 0 aliphatic carbocycles. The van der Waals surface area contributed by atoms with Crippen LogP contribution in [0.2, 0.25) is 0 Å². The molecular formula is C11H15N7O. The van der Waals surface area contributed by atoms with Gasteiger partial charge in [-0.15, -0.1) is 0 Å². The molecule has 0 unspecified atom stereocenters. The van der Waals surface area contributed by atoms with Gasteiger partial charge in [-0.25, -0.2) is 4.68 Å². The van der Waals surface area contributed by atoms with Crippen molar-refractivity contribution in [1.82, 2.24) is 25.1 Å². The fourth-order valence-corrected chi connectivity index (χ4v) is 1.54. The molecule has 8 nitrogen and oxygen atoms in total. The normalized spacial score (nSPS) is 10.2. The van der Waals surface area contributed by atoms with Gasteiger partial charge < -0.3 is 16.4 Å². The van der Waals surface area contributed by atoms with Gasteiger partial charge in [-0.3, -0.25) is 4.79 Å². The molecule has 2 rings (SSSR count). The zero-order valence-electron chi connectivity index (χ0n) is 10.7. The zero-order valence-corrected chi connectivity index (χ0v) is 10.7. The van der Waals surface area contributed by atoms with E-state index in [0.717, 1.165) is 6.54 Å². The minimum Gasteiger partial charge on any atom is -0.370 e. The van der Waals surface area contributed by atoms with Crippen molar-refractivity contribution in [3.63, 3.8) is 0 Å². The molecule has 8 heteroatoms. The number of rotatable bonds is 4. The largest absolute Gasteiger partial charge is 0.370 e. The molecule has 0 bridgehead atoms. The van der Waals surface area contributed by atoms with Crippen LogP contribution in [-0.2, 0) is 0 Å². The maximum absolute atomic E-state index is 11.4. The summed E-state index contributed by atoms with van der Waals surface area (Å²) in [6.07, 6.45) is 1.64. The van der Waals surface area contributed by atoms with Gasteiger partial charge in [-0.2, -0.15) is 15.1 Å². The molecule has 0 saturated heterocycles. The number of nitrogens with one attached hydrogen (secondary N) is 2. The molecule has 1 amide bonds. The maximum atomic E-state index is 11.4. The van der Waals surface area contributed by atoms with Crippen molar-refractivity contribution < 1.29 is 4.79 Å². The summed E-state index contributed by atoms with van der Waals surface area (Å²) in [6.45, 7) is 2.67. The highest BCUT2D eigenvalue weighted by Crippen LogP contribution is 2.12. The number of carbonyl (C=O) groups is 1. The van der Waals surface area contributed by atoms with Crippen LogP contribution in [0, 0.1) is 0 Å². The minimum atomic E-state index is -0.257. The number of amides is 1. The third-order valence-corrected chi connectivity index (χ3v) is 2.37. The third kappa shape index (κ3) is 2.79. The van der Waals surface area contributed by atoms with Gasteiger partial charge in [0.2, 0.25) is 5.95 Å². The van der Waals surface area contributed by atoms with E-state index in [9.17, 15) is 4.79 Å². The summed E-state index contributed by atoms with van der Waals surface area (Å²) in [5.41, 5.74) is 5.95. The Kier molecular flexibility index (Phi) is 3.60. The molecule has 0 saturated carbocycles. The summed E-state index contributed by atoms with van der Waals surface area (Å²) in [4.78, 5) is 19.6. The van der Waals surface area contributed by atoms with Gasteiger partial charge in [0.15, 0.2) is 11.5 Å². The van der Waals surface area contributed by atoms with Gasteiger partial charge in [0.25, 0.3) is 5.91 Å². The summed E-state index contributed by atoms with van der Waals surface area (Å²) in [5, 5.41) is 9.68. The summed E-state index contributed by atoms with van der Waals surface area (Å²) >= 11 is 0. The Morgan fingerprint density at radius 2 is 2.26 bits per heavy atom. The van der Waals surface area contributed by atoms with Crippen LogP contribution in [0.25, 0.3) is 5.82 Å². The fourth-order valence-electron chi connectivity index (χ4n) is 1.54. The Morgan fingerprint density at radius 1 is 1.47 bits per heavy atom. The van der Waals surface area contributed by atoms with Crippen molar-refractivity contribution in [2.24, 2.45) is 0 Å². The molecule has 0 aromatic carbocycles. The number of hydrogen-bond donors (Lipinski definition) is 3. The van der Waals surface area contributed by atoms with Crippen LogP contribution in [0.1, 0.15) is 17.4 Å². The average molecular weight is 261 g/mol. The van der Waals surface area contributed by atoms with Crippen LogP contribution in [0.15, 0.2) is 18.3 Å². The number of carbonyl (C=O) groups excluding carboxylic acids is 1. The summed E-state index contributed by atoms with van der Waals surface area (Å²) in [7, 11) is 1.55. The zero-order chi connectivity index (χ0) is 13.8. The van der Waals surface area contributed by atoms with Crippen LogP contribution in [-0.4, -0.2) is 39.2 Å². The number of nitrogens with zero attached hydrogens (tertiary/aromatic N) is 4. The highest BCUT2D eigenvalue weighted by Gasteiger charge is 2.10. The number of nitrogens with two attached hydrogens (primary N) is 1. The standard InChI is InChI=1S/C11H15N7O/c1-3-14-8-6-9(16-11(12)15-8)18-5-4-7(17-18)10(19)13-2/h4-6H,3H2,1-2H3,(H,13,19)(H3,12,14,15,16). The van der Waals surface area contributed by atoms with E-state index in [-0.39, 0.29) is 11.9 Å². The van der Waals surface area contributed by atoms with Gasteiger partial charge in [-0.05, 0) is 13.0 Å². The van der Waals surface area contributed by atoms with Crippen molar-refractivity contribution in [3.05, 3.63) is 24.0 Å². The number of anilines is 2. The lowest BCUT2D eigenvalue weighted by molar-refractivity contribution is 0.0957. The van der Waals surface area contributed by atoms with Crippen LogP contribution >= 0.6 is 0 Å². The van der Waals surface area contributed by atoms with Crippen molar-refractivity contribution in [2.45, 2.75) is 6.92 Å². The Bertz CT molecular complexity index is 592. The summed E-state index contributed by atoms with van der Waals surface area (Å²) in [5.74, 6) is 0.999. The average Bonchev–Trinajstić information content (AvgIpc) is 2.87. The van der Waals surface area contributed by atoms with E-state index in [1.807, 2.05) is 6.92 Å². The number of nitrogen functional groups attached to an aromatic ring is 1. The second kappa shape index (κ2) is 5.34. The SMILES string of the molecule is CCNc1cc(-n2ccc(C(=O)NC)n2)nc(N)n1. The Balaban J connectivity index is 2.35. The van der Waals surface area contributed by atoms with Gasteiger partial charge in [-0.1, -0.05) is 0 Å². The van der Waals surface area contributed by atoms with Crippen molar-refractivity contribution in [1.29, 1.82) is 0 Å². The topological polar surface area (TPSA) is 111 Å². The lowest BCUT2D eigenvalue weighted by Gasteiger charge is -2.06. The minimum absolute atomic E-state index is 0.144. The van der Waals surface area contributed by atoms with E-state index in [0.29, 0.717) is 17.3 Å². The Morgan fingerprint density at radius 3 is 2.95 bits per heavy atom. The molecule has 4 N–H and O–H groups in total. The molecule has 0 aliphatic rings. The van der Waals surface area contributed by atoms with Crippen LogP contribution in [0.4, 0.5) is 11.8 Å². The summed E-state index contributed by atoms with van der Waals surface area (Å²) < 4.78 is 1.48. The van der Waals surface area contributed by atoms with E-state index >= 15 is 0 Å². The Labute approximate surface area is 110 Å². The third-order valence-electron chi connectivity index (χ3n) is 2.37. The molecule has 0 atom stereocenters. The molecule has 2 heterocycles. The van der Waals surface area contributed by atoms with Gasteiger partial charge in [0, 0.05) is 25.9 Å². The first-order valence-corrected chi connectivity index (χ1v) is 5.80. The molecule has 100 valence electrons. The highest BCUT2D eigenvalue weighted by molar-refractivity contribution is 5.91. The Hall–Kier alpha value is -2.64. The molecule has 0 fully saturated rings. The molecular weight excluding hydrogens is 246 g/mol. The quantitative estimate of drug-likeness (QED) is 0.716. The first-order valence-electron chi connectivity index (χ1n) is 5.80. The number of aromatic nitrogens is 4. The lowest BCUT2D eigenvalue weighted by Crippen LogP contribution is -2.18. The van der Waals surface area contributed by atoms with E-state index in [1.165, 1.54) is 4.68 Å². The molecule has 2 aromatic rings. The second-order valence-corrected chi connectivity index (χ2v) is 3.72. The molecule has 19 heavy (non-hydrogen) atoms. The van der Waals surface area contributed by atoms with Gasteiger partial charge in [0.1, 0.15) is 5.82 Å². The van der Waals surface area contributed by atoms with Gasteiger partial charge >= 0.3 is 0 Å². The predicted octanol–water partition coefficient (Wildman–Crippen LogP) is 0.0359. The monoisotopic (exact) mass is 261 g/mol. The second-order valence-electron chi connectivity index (χ2n) is 3.72. The molecule has 0 spiro atoms. The van der Waals surface area contributed by atoms with E-state index in [2.05, 4.69) is 25.7 Å². The summed E-state index contributed by atoms with van der Waals surface area (Å²) in [6, 6.07) is 3.31. The van der Waals surface area contributed by atoms with E-state index < -0.39 is 0 Å². The van der Waals surface area contributed by atoms with E-state index in [1.54, 1.807) is 25.4 Å². The van der Waals surface area contributed by atoms with Crippen molar-refractivity contribution in [2.75, 3.05) is 24.6 Å². The molecule has 0 radical (unpaired) electrons. The first-order chi connectivity index (χ1) is 9.13. The van der Waals surface area contributed by atoms with Crippen LogP contribution in [0.3, 0.4) is 0 Å². The maximum Gasteiger partial charge on any atom is 0.271 e. The smallest absolute Gasteiger partial charge is 0.271 e. The lowest BCUT2D eigenvalue weighted by atomic mass is 10.4.